The average Bonchev–Trinajstić information content (AvgIpc) is 3.21. The summed E-state index contributed by atoms with van der Waals surface area (Å²) in [4.78, 5) is 14.6. The van der Waals surface area contributed by atoms with Crippen LogP contribution < -0.4 is 0 Å². The molecule has 0 bridgehead atoms. The van der Waals surface area contributed by atoms with E-state index < -0.39 is 0 Å². The van der Waals surface area contributed by atoms with Crippen LogP contribution >= 0.6 is 0 Å². The van der Waals surface area contributed by atoms with E-state index in [0.717, 1.165) is 27.7 Å². The van der Waals surface area contributed by atoms with Gasteiger partial charge in [-0.05, 0) is 18.6 Å². The predicted molar refractivity (Wildman–Crippen MR) is 93.1 cm³/mol. The zero-order valence-corrected chi connectivity index (χ0v) is 14.4. The molecule has 0 aliphatic carbocycles. The van der Waals surface area contributed by atoms with Gasteiger partial charge in [-0.3, -0.25) is 9.48 Å². The molecule has 1 saturated heterocycles. The van der Waals surface area contributed by atoms with Crippen LogP contribution in [-0.4, -0.2) is 40.3 Å². The molecule has 0 radical (unpaired) electrons. The number of hydrogen-bond acceptors (Lipinski definition) is 4. The van der Waals surface area contributed by atoms with Crippen molar-refractivity contribution in [1.29, 1.82) is 0 Å². The molecule has 130 valence electrons. The van der Waals surface area contributed by atoms with Crippen LogP contribution in [-0.2, 0) is 23.0 Å². The van der Waals surface area contributed by atoms with Crippen molar-refractivity contribution < 1.29 is 13.9 Å². The van der Waals surface area contributed by atoms with Crippen LogP contribution in [0.15, 0.2) is 41.3 Å². The smallest absolute Gasteiger partial charge is 0.227 e. The fourth-order valence-corrected chi connectivity index (χ4v) is 3.29. The number of carbonyl (C=O) groups excluding carboxylic acids is 1. The van der Waals surface area contributed by atoms with Gasteiger partial charge in [0.25, 0.3) is 0 Å². The lowest BCUT2D eigenvalue weighted by Crippen LogP contribution is -2.42. The Morgan fingerprint density at radius 1 is 1.40 bits per heavy atom. The van der Waals surface area contributed by atoms with Gasteiger partial charge in [0.1, 0.15) is 11.7 Å². The van der Waals surface area contributed by atoms with Crippen molar-refractivity contribution in [3.63, 3.8) is 0 Å². The highest BCUT2D eigenvalue weighted by Crippen LogP contribution is 2.25. The molecule has 3 heterocycles. The lowest BCUT2D eigenvalue weighted by Gasteiger charge is -2.32. The van der Waals surface area contributed by atoms with E-state index >= 15 is 0 Å². The van der Waals surface area contributed by atoms with Gasteiger partial charge in [0.2, 0.25) is 5.91 Å². The number of aryl methyl sites for hydroxylation is 2. The minimum absolute atomic E-state index is 0.0977. The maximum Gasteiger partial charge on any atom is 0.227 e. The van der Waals surface area contributed by atoms with Gasteiger partial charge in [0, 0.05) is 36.3 Å². The summed E-state index contributed by atoms with van der Waals surface area (Å²) in [7, 11) is 1.88. The maximum atomic E-state index is 12.8. The Kier molecular flexibility index (Phi) is 4.05. The van der Waals surface area contributed by atoms with Gasteiger partial charge in [-0.25, -0.2) is 0 Å². The molecule has 1 aromatic carbocycles. The Hall–Kier alpha value is -2.60. The first kappa shape index (κ1) is 15.9. The summed E-state index contributed by atoms with van der Waals surface area (Å²) >= 11 is 0. The number of morpholine rings is 1. The summed E-state index contributed by atoms with van der Waals surface area (Å²) in [6.07, 6.45) is 5.65. The number of benzene rings is 1. The second-order valence-electron chi connectivity index (χ2n) is 6.58. The molecule has 1 aliphatic heterocycles. The maximum absolute atomic E-state index is 12.8. The molecule has 0 spiro atoms. The van der Waals surface area contributed by atoms with E-state index in [1.54, 1.807) is 17.1 Å². The Bertz CT molecular complexity index is 912. The van der Waals surface area contributed by atoms with Crippen LogP contribution in [0.4, 0.5) is 0 Å². The fourth-order valence-electron chi connectivity index (χ4n) is 3.29. The summed E-state index contributed by atoms with van der Waals surface area (Å²) in [6.45, 7) is 3.74. The number of carbonyl (C=O) groups is 1. The molecule has 1 fully saturated rings. The van der Waals surface area contributed by atoms with Gasteiger partial charge < -0.3 is 14.1 Å². The lowest BCUT2D eigenvalue weighted by atomic mass is 10.1. The number of fused-ring (bicyclic) bond motifs is 1. The van der Waals surface area contributed by atoms with Gasteiger partial charge in [0.15, 0.2) is 0 Å². The van der Waals surface area contributed by atoms with Crippen molar-refractivity contribution in [2.75, 3.05) is 19.7 Å². The summed E-state index contributed by atoms with van der Waals surface area (Å²) in [6, 6.07) is 6.06. The summed E-state index contributed by atoms with van der Waals surface area (Å²) in [5.74, 6) is 0.0977. The minimum atomic E-state index is -0.116. The van der Waals surface area contributed by atoms with E-state index in [-0.39, 0.29) is 12.0 Å². The van der Waals surface area contributed by atoms with Gasteiger partial charge in [-0.2, -0.15) is 5.10 Å². The molecule has 1 amide bonds. The first-order chi connectivity index (χ1) is 12.1. The van der Waals surface area contributed by atoms with Crippen LogP contribution in [0, 0.1) is 6.92 Å². The van der Waals surface area contributed by atoms with E-state index in [1.807, 2.05) is 43.3 Å². The number of furan rings is 1. The zero-order chi connectivity index (χ0) is 17.4. The van der Waals surface area contributed by atoms with Gasteiger partial charge in [-0.1, -0.05) is 12.1 Å². The van der Waals surface area contributed by atoms with Crippen molar-refractivity contribution in [2.45, 2.75) is 19.4 Å². The molecular formula is C19H21N3O3. The Morgan fingerprint density at radius 2 is 2.28 bits per heavy atom. The third-order valence-electron chi connectivity index (χ3n) is 4.67. The van der Waals surface area contributed by atoms with Crippen molar-refractivity contribution in [3.05, 3.63) is 53.5 Å². The molecule has 4 rings (SSSR count). The SMILES string of the molecule is Cc1ccc2c(CC(=O)N3CCOC(c4cnn(C)c4)C3)coc2c1. The molecule has 1 aliphatic rings. The number of hydrogen-bond donors (Lipinski definition) is 0. The molecule has 1 atom stereocenters. The second-order valence-corrected chi connectivity index (χ2v) is 6.58. The Labute approximate surface area is 146 Å². The average molecular weight is 339 g/mol. The van der Waals surface area contributed by atoms with Crippen molar-refractivity contribution in [3.8, 4) is 0 Å². The molecule has 2 aromatic heterocycles. The highest BCUT2D eigenvalue weighted by molar-refractivity contribution is 5.88. The minimum Gasteiger partial charge on any atom is -0.464 e. The number of aromatic nitrogens is 2. The van der Waals surface area contributed by atoms with E-state index in [9.17, 15) is 4.79 Å². The van der Waals surface area contributed by atoms with Crippen molar-refractivity contribution in [2.24, 2.45) is 7.05 Å². The largest absolute Gasteiger partial charge is 0.464 e. The molecule has 0 saturated carbocycles. The van der Waals surface area contributed by atoms with E-state index in [1.165, 1.54) is 0 Å². The topological polar surface area (TPSA) is 60.5 Å². The van der Waals surface area contributed by atoms with Crippen LogP contribution in [0.2, 0.25) is 0 Å². The van der Waals surface area contributed by atoms with Crippen molar-refractivity contribution >= 4 is 16.9 Å². The molecule has 1 unspecified atom stereocenters. The first-order valence-corrected chi connectivity index (χ1v) is 8.45. The fraction of sp³-hybridized carbons (Fsp3) is 0.368. The molecule has 25 heavy (non-hydrogen) atoms. The van der Waals surface area contributed by atoms with Gasteiger partial charge >= 0.3 is 0 Å². The van der Waals surface area contributed by atoms with Crippen LogP contribution in [0.3, 0.4) is 0 Å². The number of nitrogens with zero attached hydrogens (tertiary/aromatic N) is 3. The number of amides is 1. The van der Waals surface area contributed by atoms with E-state index in [0.29, 0.717) is 26.1 Å². The van der Waals surface area contributed by atoms with Crippen LogP contribution in [0.25, 0.3) is 11.0 Å². The monoisotopic (exact) mass is 339 g/mol. The molecule has 3 aromatic rings. The van der Waals surface area contributed by atoms with Crippen LogP contribution in [0.5, 0.6) is 0 Å². The number of ether oxygens (including phenoxy) is 1. The summed E-state index contributed by atoms with van der Waals surface area (Å²) in [5.41, 5.74) is 3.92. The zero-order valence-electron chi connectivity index (χ0n) is 14.4. The molecule has 6 nitrogen and oxygen atoms in total. The highest BCUT2D eigenvalue weighted by Gasteiger charge is 2.26. The third kappa shape index (κ3) is 3.17. The summed E-state index contributed by atoms with van der Waals surface area (Å²) < 4.78 is 13.2. The lowest BCUT2D eigenvalue weighted by molar-refractivity contribution is -0.138. The summed E-state index contributed by atoms with van der Waals surface area (Å²) in [5, 5.41) is 5.19. The molecular weight excluding hydrogens is 318 g/mol. The quantitative estimate of drug-likeness (QED) is 0.736. The predicted octanol–water partition coefficient (Wildman–Crippen LogP) is 2.62. The molecule has 0 N–H and O–H groups in total. The van der Waals surface area contributed by atoms with E-state index in [2.05, 4.69) is 5.10 Å². The van der Waals surface area contributed by atoms with E-state index in [4.69, 9.17) is 9.15 Å². The van der Waals surface area contributed by atoms with Crippen LogP contribution in [0.1, 0.15) is 22.8 Å². The normalized spacial score (nSPS) is 18.0. The number of rotatable bonds is 3. The standard InChI is InChI=1S/C19H21N3O3/c1-13-3-4-16-14(12-25-17(16)7-13)8-19(23)22-5-6-24-18(11-22)15-9-20-21(2)10-15/h3-4,7,9-10,12,18H,5-6,8,11H2,1-2H3. The second kappa shape index (κ2) is 6.37. The Morgan fingerprint density at radius 3 is 3.08 bits per heavy atom. The Balaban J connectivity index is 1.48. The first-order valence-electron chi connectivity index (χ1n) is 8.45. The van der Waals surface area contributed by atoms with Gasteiger partial charge in [0.05, 0.1) is 32.0 Å². The van der Waals surface area contributed by atoms with Crippen molar-refractivity contribution in [1.82, 2.24) is 14.7 Å². The molecule has 6 heteroatoms. The van der Waals surface area contributed by atoms with Gasteiger partial charge in [-0.15, -0.1) is 0 Å². The third-order valence-corrected chi connectivity index (χ3v) is 4.67. The highest BCUT2D eigenvalue weighted by atomic mass is 16.5.